The molecule has 3 rings (SSSR count). The number of morpholine rings is 1. The number of fused-ring (bicyclic) bond motifs is 1. The first-order valence-electron chi connectivity index (χ1n) is 7.85. The van der Waals surface area contributed by atoms with Crippen molar-refractivity contribution in [3.8, 4) is 0 Å². The molecular formula is C15H24ClN3O2. The van der Waals surface area contributed by atoms with E-state index in [0.29, 0.717) is 17.5 Å². The van der Waals surface area contributed by atoms with Crippen LogP contribution in [0.2, 0.25) is 5.02 Å². The number of nitrogens with zero attached hydrogens (tertiary/aromatic N) is 3. The molecule has 2 aliphatic heterocycles. The Kier molecular flexibility index (Phi) is 4.54. The number of hydrogen-bond donors (Lipinski definition) is 1. The molecule has 0 aliphatic carbocycles. The van der Waals surface area contributed by atoms with E-state index in [1.54, 1.807) is 0 Å². The van der Waals surface area contributed by atoms with Gasteiger partial charge in [0.25, 0.3) is 0 Å². The van der Waals surface area contributed by atoms with E-state index in [0.717, 1.165) is 37.6 Å². The lowest BCUT2D eigenvalue weighted by Crippen LogP contribution is -2.51. The number of halogens is 1. The topological polar surface area (TPSA) is 50.5 Å². The predicted molar refractivity (Wildman–Crippen MR) is 81.7 cm³/mol. The SMILES string of the molecule is CCn1nc(C)c(Cl)c1CC(O)C1CN2CCCC2CO1. The molecule has 0 amide bonds. The highest BCUT2D eigenvalue weighted by molar-refractivity contribution is 6.31. The summed E-state index contributed by atoms with van der Waals surface area (Å²) in [5, 5.41) is 15.6. The fourth-order valence-corrected chi connectivity index (χ4v) is 3.68. The van der Waals surface area contributed by atoms with Gasteiger partial charge in [0.05, 0.1) is 35.2 Å². The van der Waals surface area contributed by atoms with E-state index in [4.69, 9.17) is 16.3 Å². The number of rotatable bonds is 4. The molecular weight excluding hydrogens is 290 g/mol. The van der Waals surface area contributed by atoms with Crippen molar-refractivity contribution >= 4 is 11.6 Å². The van der Waals surface area contributed by atoms with Crippen molar-refractivity contribution in [3.05, 3.63) is 16.4 Å². The van der Waals surface area contributed by atoms with Crippen LogP contribution in [-0.4, -0.2) is 57.7 Å². The molecule has 1 aromatic rings. The minimum absolute atomic E-state index is 0.129. The molecule has 118 valence electrons. The average molecular weight is 314 g/mol. The van der Waals surface area contributed by atoms with Gasteiger partial charge in [-0.15, -0.1) is 0 Å². The molecule has 21 heavy (non-hydrogen) atoms. The second-order valence-electron chi connectivity index (χ2n) is 6.10. The van der Waals surface area contributed by atoms with Gasteiger partial charge >= 0.3 is 0 Å². The van der Waals surface area contributed by atoms with Crippen molar-refractivity contribution in [3.63, 3.8) is 0 Å². The van der Waals surface area contributed by atoms with Gasteiger partial charge in [-0.05, 0) is 33.2 Å². The van der Waals surface area contributed by atoms with Crippen molar-refractivity contribution in [2.45, 2.75) is 57.9 Å². The van der Waals surface area contributed by atoms with Crippen LogP contribution in [0, 0.1) is 6.92 Å². The molecule has 0 spiro atoms. The van der Waals surface area contributed by atoms with Gasteiger partial charge in [-0.3, -0.25) is 9.58 Å². The summed E-state index contributed by atoms with van der Waals surface area (Å²) in [4.78, 5) is 2.45. The zero-order valence-electron chi connectivity index (χ0n) is 12.8. The van der Waals surface area contributed by atoms with Crippen LogP contribution in [0.15, 0.2) is 0 Å². The fraction of sp³-hybridized carbons (Fsp3) is 0.800. The highest BCUT2D eigenvalue weighted by atomic mass is 35.5. The van der Waals surface area contributed by atoms with Gasteiger partial charge in [-0.2, -0.15) is 5.10 Å². The summed E-state index contributed by atoms with van der Waals surface area (Å²) >= 11 is 6.32. The summed E-state index contributed by atoms with van der Waals surface area (Å²) in [5.74, 6) is 0. The first-order chi connectivity index (χ1) is 10.1. The Bertz CT molecular complexity index is 505. The molecule has 3 heterocycles. The number of aromatic nitrogens is 2. The minimum atomic E-state index is -0.537. The number of aliphatic hydroxyl groups excluding tert-OH is 1. The Morgan fingerprint density at radius 3 is 3.10 bits per heavy atom. The van der Waals surface area contributed by atoms with E-state index in [-0.39, 0.29) is 6.10 Å². The van der Waals surface area contributed by atoms with Crippen LogP contribution in [0.5, 0.6) is 0 Å². The fourth-order valence-electron chi connectivity index (χ4n) is 3.47. The molecule has 1 N–H and O–H groups in total. The van der Waals surface area contributed by atoms with Crippen LogP contribution in [0.1, 0.15) is 31.2 Å². The van der Waals surface area contributed by atoms with Crippen LogP contribution in [0.25, 0.3) is 0 Å². The highest BCUT2D eigenvalue weighted by Gasteiger charge is 2.35. The average Bonchev–Trinajstić information content (AvgIpc) is 3.05. The van der Waals surface area contributed by atoms with Gasteiger partial charge in [0.15, 0.2) is 0 Å². The van der Waals surface area contributed by atoms with Gasteiger partial charge in [-0.1, -0.05) is 11.6 Å². The Morgan fingerprint density at radius 1 is 1.52 bits per heavy atom. The molecule has 2 fully saturated rings. The Morgan fingerprint density at radius 2 is 2.33 bits per heavy atom. The van der Waals surface area contributed by atoms with Crippen LogP contribution in [0.4, 0.5) is 0 Å². The maximum absolute atomic E-state index is 10.5. The van der Waals surface area contributed by atoms with E-state index in [1.165, 1.54) is 12.8 Å². The molecule has 0 saturated carbocycles. The quantitative estimate of drug-likeness (QED) is 0.918. The first-order valence-corrected chi connectivity index (χ1v) is 8.23. The normalized spacial score (nSPS) is 27.8. The van der Waals surface area contributed by atoms with Crippen LogP contribution in [0.3, 0.4) is 0 Å². The third-order valence-electron chi connectivity index (χ3n) is 4.70. The van der Waals surface area contributed by atoms with Gasteiger partial charge in [0.1, 0.15) is 0 Å². The van der Waals surface area contributed by atoms with Crippen LogP contribution < -0.4 is 0 Å². The van der Waals surface area contributed by atoms with Crippen molar-refractivity contribution < 1.29 is 9.84 Å². The van der Waals surface area contributed by atoms with Crippen molar-refractivity contribution in [1.29, 1.82) is 0 Å². The van der Waals surface area contributed by atoms with Crippen molar-refractivity contribution in [2.24, 2.45) is 0 Å². The Labute approximate surface area is 130 Å². The lowest BCUT2D eigenvalue weighted by atomic mass is 10.0. The highest BCUT2D eigenvalue weighted by Crippen LogP contribution is 2.26. The summed E-state index contributed by atoms with van der Waals surface area (Å²) in [5.41, 5.74) is 1.74. The van der Waals surface area contributed by atoms with E-state index in [2.05, 4.69) is 10.00 Å². The summed E-state index contributed by atoms with van der Waals surface area (Å²) in [7, 11) is 0. The van der Waals surface area contributed by atoms with Gasteiger partial charge in [-0.25, -0.2) is 0 Å². The van der Waals surface area contributed by atoms with Gasteiger partial charge in [0.2, 0.25) is 0 Å². The Balaban J connectivity index is 1.67. The standard InChI is InChI=1S/C15H24ClN3O2/c1-3-19-12(15(16)10(2)17-19)7-13(20)14-8-18-6-4-5-11(18)9-21-14/h11,13-14,20H,3-9H2,1-2H3. The van der Waals surface area contributed by atoms with E-state index in [9.17, 15) is 5.11 Å². The second-order valence-corrected chi connectivity index (χ2v) is 6.47. The van der Waals surface area contributed by atoms with E-state index < -0.39 is 6.10 Å². The van der Waals surface area contributed by atoms with E-state index >= 15 is 0 Å². The maximum atomic E-state index is 10.5. The number of aliphatic hydroxyl groups is 1. The van der Waals surface area contributed by atoms with E-state index in [1.807, 2.05) is 18.5 Å². The molecule has 0 bridgehead atoms. The van der Waals surface area contributed by atoms with Crippen LogP contribution >= 0.6 is 11.6 Å². The van der Waals surface area contributed by atoms with Gasteiger partial charge in [0, 0.05) is 25.6 Å². The molecule has 6 heteroatoms. The second kappa shape index (κ2) is 6.24. The first kappa shape index (κ1) is 15.3. The third kappa shape index (κ3) is 2.97. The molecule has 1 aromatic heterocycles. The summed E-state index contributed by atoms with van der Waals surface area (Å²) in [6.07, 6.45) is 2.29. The molecule has 2 saturated heterocycles. The summed E-state index contributed by atoms with van der Waals surface area (Å²) in [6.45, 7) is 7.38. The Hall–Kier alpha value is -0.620. The molecule has 0 aromatic carbocycles. The van der Waals surface area contributed by atoms with Crippen molar-refractivity contribution in [1.82, 2.24) is 14.7 Å². The van der Waals surface area contributed by atoms with Crippen LogP contribution in [-0.2, 0) is 17.7 Å². The monoisotopic (exact) mass is 313 g/mol. The smallest absolute Gasteiger partial charge is 0.0965 e. The number of aryl methyl sites for hydroxylation is 2. The lowest BCUT2D eigenvalue weighted by Gasteiger charge is -2.37. The zero-order valence-corrected chi connectivity index (χ0v) is 13.5. The summed E-state index contributed by atoms with van der Waals surface area (Å²) < 4.78 is 7.76. The maximum Gasteiger partial charge on any atom is 0.0965 e. The molecule has 2 aliphatic rings. The number of ether oxygens (including phenoxy) is 1. The molecule has 3 atom stereocenters. The molecule has 3 unspecified atom stereocenters. The third-order valence-corrected chi connectivity index (χ3v) is 5.19. The van der Waals surface area contributed by atoms with Gasteiger partial charge < -0.3 is 9.84 Å². The molecule has 5 nitrogen and oxygen atoms in total. The lowest BCUT2D eigenvalue weighted by molar-refractivity contribution is -0.102. The minimum Gasteiger partial charge on any atom is -0.390 e. The summed E-state index contributed by atoms with van der Waals surface area (Å²) in [6, 6.07) is 0.556. The zero-order chi connectivity index (χ0) is 15.0. The predicted octanol–water partition coefficient (Wildman–Crippen LogP) is 1.63. The largest absolute Gasteiger partial charge is 0.390 e. The number of hydrogen-bond acceptors (Lipinski definition) is 4. The van der Waals surface area contributed by atoms with Crippen molar-refractivity contribution in [2.75, 3.05) is 19.7 Å². The molecule has 0 radical (unpaired) electrons.